The number of nitrogens with zero attached hydrogens (tertiary/aromatic N) is 2. The lowest BCUT2D eigenvalue weighted by Crippen LogP contribution is -2.39. The zero-order valence-corrected chi connectivity index (χ0v) is 16.3. The van der Waals surface area contributed by atoms with E-state index in [0.29, 0.717) is 43.9 Å². The highest BCUT2D eigenvalue weighted by Crippen LogP contribution is 2.25. The number of rotatable bonds is 6. The van der Waals surface area contributed by atoms with Gasteiger partial charge < -0.3 is 10.5 Å². The van der Waals surface area contributed by atoms with Crippen molar-refractivity contribution < 1.29 is 22.3 Å². The van der Waals surface area contributed by atoms with E-state index in [0.717, 1.165) is 0 Å². The Labute approximate surface area is 163 Å². The normalized spacial score (nSPS) is 16.1. The Morgan fingerprint density at radius 1 is 1.29 bits per heavy atom. The molecular weight excluding hydrogens is 385 g/mol. The summed E-state index contributed by atoms with van der Waals surface area (Å²) in [5.74, 6) is -0.363. The fourth-order valence-electron chi connectivity index (χ4n) is 3.09. The second-order valence-electron chi connectivity index (χ2n) is 6.81. The summed E-state index contributed by atoms with van der Waals surface area (Å²) >= 11 is 0. The molecule has 0 bridgehead atoms. The van der Waals surface area contributed by atoms with Gasteiger partial charge in [0, 0.05) is 25.4 Å². The quantitative estimate of drug-likeness (QED) is 0.790. The van der Waals surface area contributed by atoms with E-state index in [1.165, 1.54) is 34.8 Å². The molecule has 1 fully saturated rings. The summed E-state index contributed by atoms with van der Waals surface area (Å²) in [5, 5.41) is 0. The Morgan fingerprint density at radius 3 is 2.64 bits per heavy atom. The number of piperidine rings is 1. The van der Waals surface area contributed by atoms with Crippen LogP contribution in [0.4, 0.5) is 4.39 Å². The SMILES string of the molecule is Cc1cc(S(=O)(=O)N2CCC(COc3ccnc(C(N)=O)c3)CC2)ccc1F. The van der Waals surface area contributed by atoms with E-state index < -0.39 is 21.7 Å². The average molecular weight is 407 g/mol. The molecule has 1 saturated heterocycles. The number of benzene rings is 1. The van der Waals surface area contributed by atoms with Crippen molar-refractivity contribution in [2.75, 3.05) is 19.7 Å². The van der Waals surface area contributed by atoms with Crippen LogP contribution >= 0.6 is 0 Å². The van der Waals surface area contributed by atoms with Crippen LogP contribution in [0.3, 0.4) is 0 Å². The summed E-state index contributed by atoms with van der Waals surface area (Å²) in [4.78, 5) is 15.1. The number of sulfonamides is 1. The molecule has 2 N–H and O–H groups in total. The van der Waals surface area contributed by atoms with Crippen molar-refractivity contribution in [3.63, 3.8) is 0 Å². The molecule has 0 radical (unpaired) electrons. The molecule has 0 aliphatic carbocycles. The van der Waals surface area contributed by atoms with E-state index in [1.807, 2.05) is 0 Å². The van der Waals surface area contributed by atoms with Crippen LogP contribution in [0.15, 0.2) is 41.4 Å². The Balaban J connectivity index is 1.57. The summed E-state index contributed by atoms with van der Waals surface area (Å²) < 4.78 is 46.1. The minimum atomic E-state index is -3.64. The number of hydrogen-bond acceptors (Lipinski definition) is 5. The minimum absolute atomic E-state index is 0.108. The first-order chi connectivity index (χ1) is 13.3. The van der Waals surface area contributed by atoms with Gasteiger partial charge in [0.05, 0.1) is 11.5 Å². The van der Waals surface area contributed by atoms with Gasteiger partial charge in [-0.1, -0.05) is 0 Å². The van der Waals surface area contributed by atoms with E-state index in [4.69, 9.17) is 10.5 Å². The van der Waals surface area contributed by atoms with Crippen molar-refractivity contribution in [1.82, 2.24) is 9.29 Å². The molecule has 1 aliphatic rings. The Bertz CT molecular complexity index is 973. The maximum absolute atomic E-state index is 13.4. The topological polar surface area (TPSA) is 103 Å². The molecule has 28 heavy (non-hydrogen) atoms. The number of aromatic nitrogens is 1. The van der Waals surface area contributed by atoms with Crippen LogP contribution in [0.25, 0.3) is 0 Å². The van der Waals surface area contributed by atoms with Crippen LogP contribution in [0.5, 0.6) is 5.75 Å². The smallest absolute Gasteiger partial charge is 0.267 e. The second-order valence-corrected chi connectivity index (χ2v) is 8.75. The molecular formula is C19H22FN3O4S. The number of pyridine rings is 1. The van der Waals surface area contributed by atoms with Crippen molar-refractivity contribution in [1.29, 1.82) is 0 Å². The van der Waals surface area contributed by atoms with Gasteiger partial charge in [-0.25, -0.2) is 12.8 Å². The Hall–Kier alpha value is -2.52. The van der Waals surface area contributed by atoms with Crippen molar-refractivity contribution >= 4 is 15.9 Å². The van der Waals surface area contributed by atoms with E-state index >= 15 is 0 Å². The lowest BCUT2D eigenvalue weighted by molar-refractivity contribution is 0.0995. The molecule has 9 heteroatoms. The monoisotopic (exact) mass is 407 g/mol. The third kappa shape index (κ3) is 4.48. The standard InChI is InChI=1S/C19H22FN3O4S/c1-13-10-16(2-3-17(13)20)28(25,26)23-8-5-14(6-9-23)12-27-15-4-7-22-18(11-15)19(21)24/h2-4,7,10-11,14H,5-6,8-9,12H2,1H3,(H2,21,24). The summed E-state index contributed by atoms with van der Waals surface area (Å²) in [6.07, 6.45) is 2.75. The van der Waals surface area contributed by atoms with Crippen molar-refractivity contribution in [3.8, 4) is 5.75 Å². The molecule has 0 atom stereocenters. The number of nitrogens with two attached hydrogens (primary N) is 1. The van der Waals surface area contributed by atoms with Gasteiger partial charge in [0.25, 0.3) is 5.91 Å². The zero-order chi connectivity index (χ0) is 20.3. The molecule has 150 valence electrons. The molecule has 7 nitrogen and oxygen atoms in total. The van der Waals surface area contributed by atoms with E-state index in [2.05, 4.69) is 4.98 Å². The lowest BCUT2D eigenvalue weighted by atomic mass is 9.99. The third-order valence-electron chi connectivity index (χ3n) is 4.81. The van der Waals surface area contributed by atoms with Gasteiger partial charge in [-0.3, -0.25) is 9.78 Å². The van der Waals surface area contributed by atoms with Crippen LogP contribution in [-0.4, -0.2) is 43.3 Å². The number of ether oxygens (including phenoxy) is 1. The fourth-order valence-corrected chi connectivity index (χ4v) is 4.65. The predicted octanol–water partition coefficient (Wildman–Crippen LogP) is 2.11. The van der Waals surface area contributed by atoms with Crippen LogP contribution in [0.2, 0.25) is 0 Å². The number of carbonyl (C=O) groups is 1. The highest BCUT2D eigenvalue weighted by atomic mass is 32.2. The van der Waals surface area contributed by atoms with Crippen LogP contribution in [0.1, 0.15) is 28.9 Å². The molecule has 0 spiro atoms. The maximum Gasteiger partial charge on any atom is 0.267 e. The number of amides is 1. The number of hydrogen-bond donors (Lipinski definition) is 1. The van der Waals surface area contributed by atoms with Gasteiger partial charge >= 0.3 is 0 Å². The summed E-state index contributed by atoms with van der Waals surface area (Å²) in [7, 11) is -3.64. The largest absolute Gasteiger partial charge is 0.493 e. The molecule has 2 aromatic rings. The van der Waals surface area contributed by atoms with Crippen molar-refractivity contribution in [2.45, 2.75) is 24.7 Å². The first-order valence-electron chi connectivity index (χ1n) is 8.92. The van der Waals surface area contributed by atoms with Gasteiger partial charge in [0.1, 0.15) is 17.3 Å². The molecule has 3 rings (SSSR count). The average Bonchev–Trinajstić information content (AvgIpc) is 2.69. The van der Waals surface area contributed by atoms with Gasteiger partial charge in [-0.15, -0.1) is 0 Å². The first-order valence-corrected chi connectivity index (χ1v) is 10.4. The van der Waals surface area contributed by atoms with Crippen molar-refractivity contribution in [2.24, 2.45) is 11.7 Å². The minimum Gasteiger partial charge on any atom is -0.493 e. The van der Waals surface area contributed by atoms with E-state index in [1.54, 1.807) is 13.0 Å². The molecule has 0 saturated carbocycles. The molecule has 2 heterocycles. The van der Waals surface area contributed by atoms with Crippen LogP contribution in [-0.2, 0) is 10.0 Å². The first kappa shape index (κ1) is 20.2. The highest BCUT2D eigenvalue weighted by Gasteiger charge is 2.30. The number of aryl methyl sites for hydroxylation is 1. The van der Waals surface area contributed by atoms with Gasteiger partial charge in [0.15, 0.2) is 0 Å². The summed E-state index contributed by atoms with van der Waals surface area (Å²) in [5.41, 5.74) is 5.64. The van der Waals surface area contributed by atoms with Gasteiger partial charge in [0.2, 0.25) is 10.0 Å². The Kier molecular flexibility index (Phi) is 5.95. The van der Waals surface area contributed by atoms with Gasteiger partial charge in [-0.05, 0) is 55.5 Å². The number of carbonyl (C=O) groups excluding carboxylic acids is 1. The molecule has 0 unspecified atom stereocenters. The number of halogens is 1. The third-order valence-corrected chi connectivity index (χ3v) is 6.70. The highest BCUT2D eigenvalue weighted by molar-refractivity contribution is 7.89. The lowest BCUT2D eigenvalue weighted by Gasteiger charge is -2.31. The van der Waals surface area contributed by atoms with Gasteiger partial charge in [-0.2, -0.15) is 4.31 Å². The molecule has 1 amide bonds. The molecule has 1 aromatic carbocycles. The predicted molar refractivity (Wildman–Crippen MR) is 101 cm³/mol. The second kappa shape index (κ2) is 8.24. The summed E-state index contributed by atoms with van der Waals surface area (Å²) in [6.45, 7) is 2.69. The number of primary amides is 1. The Morgan fingerprint density at radius 2 is 2.00 bits per heavy atom. The maximum atomic E-state index is 13.4. The van der Waals surface area contributed by atoms with Crippen molar-refractivity contribution in [3.05, 3.63) is 53.6 Å². The summed E-state index contributed by atoms with van der Waals surface area (Å²) in [6, 6.07) is 6.96. The van der Waals surface area contributed by atoms with Crippen LogP contribution < -0.4 is 10.5 Å². The molecule has 1 aliphatic heterocycles. The fraction of sp³-hybridized carbons (Fsp3) is 0.368. The molecule has 1 aromatic heterocycles. The van der Waals surface area contributed by atoms with E-state index in [9.17, 15) is 17.6 Å². The van der Waals surface area contributed by atoms with Crippen LogP contribution in [0, 0.1) is 18.7 Å². The van der Waals surface area contributed by atoms with E-state index in [-0.39, 0.29) is 16.5 Å². The zero-order valence-electron chi connectivity index (χ0n) is 15.5.